The molecular formula is C17H20N2O4. The van der Waals surface area contributed by atoms with Gasteiger partial charge in [-0.25, -0.2) is 9.69 Å². The van der Waals surface area contributed by atoms with Crippen molar-refractivity contribution in [1.82, 2.24) is 4.90 Å². The van der Waals surface area contributed by atoms with E-state index in [1.165, 1.54) is 29.2 Å². The number of nitrogens with zero attached hydrogens (tertiary/aromatic N) is 2. The number of carbonyl (C=O) groups excluding carboxylic acids is 2. The van der Waals surface area contributed by atoms with Gasteiger partial charge in [0.15, 0.2) is 0 Å². The standard InChI is InChI=1S/C17H20N2O4/c1-11-6-8-18(9-7-11)14-10-15(20)19(16(14)21)13-4-2-12(3-5-13)17(22)23/h2-5,11,14H,6-10H2,1H3,(H,22,23). The quantitative estimate of drug-likeness (QED) is 0.860. The Hall–Kier alpha value is -2.21. The normalized spacial score (nSPS) is 23.5. The van der Waals surface area contributed by atoms with Crippen LogP contribution in [0.5, 0.6) is 0 Å². The molecule has 0 aliphatic carbocycles. The van der Waals surface area contributed by atoms with Crippen LogP contribution in [0.2, 0.25) is 0 Å². The predicted octanol–water partition coefficient (Wildman–Crippen LogP) is 1.75. The third-order valence-corrected chi connectivity index (χ3v) is 4.75. The van der Waals surface area contributed by atoms with Crippen molar-refractivity contribution in [3.8, 4) is 0 Å². The van der Waals surface area contributed by atoms with E-state index in [4.69, 9.17) is 5.11 Å². The minimum absolute atomic E-state index is 0.134. The van der Waals surface area contributed by atoms with Crippen molar-refractivity contribution in [3.05, 3.63) is 29.8 Å². The SMILES string of the molecule is CC1CCN(C2CC(=O)N(c3ccc(C(=O)O)cc3)C2=O)CC1. The van der Waals surface area contributed by atoms with Gasteiger partial charge in [0.05, 0.1) is 23.7 Å². The van der Waals surface area contributed by atoms with Gasteiger partial charge in [-0.2, -0.15) is 0 Å². The lowest BCUT2D eigenvalue weighted by Gasteiger charge is -2.33. The Morgan fingerprint density at radius 1 is 1.13 bits per heavy atom. The van der Waals surface area contributed by atoms with Crippen molar-refractivity contribution in [3.63, 3.8) is 0 Å². The number of aromatic carboxylic acids is 1. The molecule has 2 saturated heterocycles. The number of imide groups is 1. The summed E-state index contributed by atoms with van der Waals surface area (Å²) in [6.45, 7) is 3.89. The number of hydrogen-bond acceptors (Lipinski definition) is 4. The molecule has 2 amide bonds. The van der Waals surface area contributed by atoms with E-state index in [-0.39, 0.29) is 29.8 Å². The Balaban J connectivity index is 1.77. The average Bonchev–Trinajstić information content (AvgIpc) is 2.83. The number of piperidine rings is 1. The Bertz CT molecular complexity index is 632. The van der Waals surface area contributed by atoms with Gasteiger partial charge in [0, 0.05) is 0 Å². The van der Waals surface area contributed by atoms with E-state index < -0.39 is 5.97 Å². The Morgan fingerprint density at radius 2 is 1.74 bits per heavy atom. The second-order valence-corrected chi connectivity index (χ2v) is 6.36. The molecule has 2 heterocycles. The third-order valence-electron chi connectivity index (χ3n) is 4.75. The third kappa shape index (κ3) is 2.99. The molecule has 0 spiro atoms. The van der Waals surface area contributed by atoms with Crippen LogP contribution in [-0.4, -0.2) is 46.9 Å². The summed E-state index contributed by atoms with van der Waals surface area (Å²) < 4.78 is 0. The number of amides is 2. The summed E-state index contributed by atoms with van der Waals surface area (Å²) >= 11 is 0. The summed E-state index contributed by atoms with van der Waals surface area (Å²) in [5.74, 6) is -0.789. The zero-order chi connectivity index (χ0) is 16.6. The predicted molar refractivity (Wildman–Crippen MR) is 84.3 cm³/mol. The summed E-state index contributed by atoms with van der Waals surface area (Å²) in [7, 11) is 0. The number of rotatable bonds is 3. The van der Waals surface area contributed by atoms with E-state index in [1.807, 2.05) is 0 Å². The molecule has 2 fully saturated rings. The first-order valence-electron chi connectivity index (χ1n) is 7.91. The summed E-state index contributed by atoms with van der Waals surface area (Å²) in [5, 5.41) is 8.92. The lowest BCUT2D eigenvalue weighted by atomic mass is 9.97. The highest BCUT2D eigenvalue weighted by Gasteiger charge is 2.43. The molecule has 6 nitrogen and oxygen atoms in total. The highest BCUT2D eigenvalue weighted by atomic mass is 16.4. The molecule has 2 aliphatic heterocycles. The van der Waals surface area contributed by atoms with Gasteiger partial charge >= 0.3 is 5.97 Å². The van der Waals surface area contributed by atoms with Gasteiger partial charge in [0.25, 0.3) is 5.91 Å². The van der Waals surface area contributed by atoms with Gasteiger partial charge in [-0.15, -0.1) is 0 Å². The number of carboxylic acids is 1. The van der Waals surface area contributed by atoms with Crippen molar-refractivity contribution in [1.29, 1.82) is 0 Å². The molecule has 1 aromatic carbocycles. The van der Waals surface area contributed by atoms with Crippen LogP contribution in [-0.2, 0) is 9.59 Å². The van der Waals surface area contributed by atoms with E-state index in [2.05, 4.69) is 11.8 Å². The molecule has 6 heteroatoms. The summed E-state index contributed by atoms with van der Waals surface area (Å²) in [6, 6.07) is 5.47. The number of carboxylic acid groups (broad SMARTS) is 1. The first-order valence-corrected chi connectivity index (χ1v) is 7.91. The topological polar surface area (TPSA) is 77.9 Å². The maximum atomic E-state index is 12.7. The van der Waals surface area contributed by atoms with Crippen molar-refractivity contribution >= 4 is 23.5 Å². The largest absolute Gasteiger partial charge is 0.478 e. The van der Waals surface area contributed by atoms with E-state index in [1.54, 1.807) is 0 Å². The molecule has 122 valence electrons. The van der Waals surface area contributed by atoms with Crippen LogP contribution in [0.1, 0.15) is 36.5 Å². The van der Waals surface area contributed by atoms with Crippen LogP contribution in [0, 0.1) is 5.92 Å². The molecule has 1 unspecified atom stereocenters. The molecule has 23 heavy (non-hydrogen) atoms. The molecule has 0 saturated carbocycles. The van der Waals surface area contributed by atoms with Crippen LogP contribution in [0.3, 0.4) is 0 Å². The molecule has 1 aromatic rings. The van der Waals surface area contributed by atoms with Crippen molar-refractivity contribution in [2.24, 2.45) is 5.92 Å². The molecule has 2 aliphatic rings. The number of likely N-dealkylation sites (tertiary alicyclic amines) is 1. The number of hydrogen-bond donors (Lipinski definition) is 1. The van der Waals surface area contributed by atoms with E-state index >= 15 is 0 Å². The van der Waals surface area contributed by atoms with Gasteiger partial charge in [-0.1, -0.05) is 6.92 Å². The van der Waals surface area contributed by atoms with Gasteiger partial charge in [0.1, 0.15) is 0 Å². The van der Waals surface area contributed by atoms with Gasteiger partial charge in [-0.3, -0.25) is 14.5 Å². The second-order valence-electron chi connectivity index (χ2n) is 6.36. The fourth-order valence-electron chi connectivity index (χ4n) is 3.27. The average molecular weight is 316 g/mol. The fraction of sp³-hybridized carbons (Fsp3) is 0.471. The highest BCUT2D eigenvalue weighted by molar-refractivity contribution is 6.22. The van der Waals surface area contributed by atoms with Crippen LogP contribution >= 0.6 is 0 Å². The van der Waals surface area contributed by atoms with Gasteiger partial charge in [-0.05, 0) is 56.1 Å². The second kappa shape index (κ2) is 6.12. The summed E-state index contributed by atoms with van der Waals surface area (Å²) in [5.41, 5.74) is 0.576. The fourth-order valence-corrected chi connectivity index (χ4v) is 3.27. The van der Waals surface area contributed by atoms with Crippen LogP contribution in [0.4, 0.5) is 5.69 Å². The lowest BCUT2D eigenvalue weighted by Crippen LogP contribution is -2.45. The van der Waals surface area contributed by atoms with Gasteiger partial charge < -0.3 is 5.11 Å². The monoisotopic (exact) mass is 316 g/mol. The number of anilines is 1. The van der Waals surface area contributed by atoms with Crippen molar-refractivity contribution < 1.29 is 19.5 Å². The molecule has 0 bridgehead atoms. The maximum Gasteiger partial charge on any atom is 0.335 e. The minimum atomic E-state index is -1.03. The zero-order valence-electron chi connectivity index (χ0n) is 13.1. The summed E-state index contributed by atoms with van der Waals surface area (Å²) in [6.07, 6.45) is 2.30. The van der Waals surface area contributed by atoms with E-state index in [0.717, 1.165) is 25.9 Å². The zero-order valence-corrected chi connectivity index (χ0v) is 13.1. The smallest absolute Gasteiger partial charge is 0.335 e. The van der Waals surface area contributed by atoms with Gasteiger partial charge in [0.2, 0.25) is 5.91 Å². The summed E-state index contributed by atoms with van der Waals surface area (Å²) in [4.78, 5) is 39.1. The van der Waals surface area contributed by atoms with Crippen molar-refractivity contribution in [2.45, 2.75) is 32.2 Å². The number of benzene rings is 1. The Kier molecular flexibility index (Phi) is 4.17. The maximum absolute atomic E-state index is 12.7. The molecule has 3 rings (SSSR count). The van der Waals surface area contributed by atoms with Crippen LogP contribution in [0.15, 0.2) is 24.3 Å². The van der Waals surface area contributed by atoms with Crippen molar-refractivity contribution in [2.75, 3.05) is 18.0 Å². The Morgan fingerprint density at radius 3 is 2.30 bits per heavy atom. The van der Waals surface area contributed by atoms with Crippen LogP contribution in [0.25, 0.3) is 0 Å². The van der Waals surface area contributed by atoms with E-state index in [0.29, 0.717) is 11.6 Å². The molecule has 1 atom stereocenters. The molecule has 0 radical (unpaired) electrons. The lowest BCUT2D eigenvalue weighted by molar-refractivity contribution is -0.123. The highest BCUT2D eigenvalue weighted by Crippen LogP contribution is 2.28. The molecular weight excluding hydrogens is 296 g/mol. The van der Waals surface area contributed by atoms with E-state index in [9.17, 15) is 14.4 Å². The molecule has 0 aromatic heterocycles. The number of carbonyl (C=O) groups is 3. The first kappa shape index (κ1) is 15.7. The molecule has 1 N–H and O–H groups in total. The minimum Gasteiger partial charge on any atom is -0.478 e. The van der Waals surface area contributed by atoms with Crippen LogP contribution < -0.4 is 4.90 Å². The Labute approximate surface area is 134 Å². The first-order chi connectivity index (χ1) is 11.0.